The fourth-order valence-electron chi connectivity index (χ4n) is 4.48. The summed E-state index contributed by atoms with van der Waals surface area (Å²) in [5.74, 6) is -0.0376. The van der Waals surface area contributed by atoms with Gasteiger partial charge in [0.25, 0.3) is 5.91 Å². The molecule has 0 radical (unpaired) electrons. The number of nitrogens with zero attached hydrogens (tertiary/aromatic N) is 5. The number of carbonyl (C=O) groups is 1. The lowest BCUT2D eigenvalue weighted by Crippen LogP contribution is -2.45. The molecule has 0 unspecified atom stereocenters. The highest BCUT2D eigenvalue weighted by Gasteiger charge is 2.27. The van der Waals surface area contributed by atoms with Gasteiger partial charge in [-0.2, -0.15) is 5.10 Å². The highest BCUT2D eigenvalue weighted by molar-refractivity contribution is 5.94. The van der Waals surface area contributed by atoms with E-state index in [1.165, 1.54) is 36.4 Å². The van der Waals surface area contributed by atoms with Crippen molar-refractivity contribution in [3.63, 3.8) is 0 Å². The van der Waals surface area contributed by atoms with E-state index in [4.69, 9.17) is 9.84 Å². The Labute approximate surface area is 210 Å². The third-order valence-corrected chi connectivity index (χ3v) is 6.52. The molecule has 1 amide bonds. The maximum atomic E-state index is 14.1. The molecule has 0 atom stereocenters. The standard InChI is InChI=1S/C27H33F2N5O2/c1-20-25(19-33(12-5-17-36-3)27(35)21-8-10-22(28)11-9-21)26(32-15-13-31(2)14-16-32)34(30-20)24-7-4-6-23(29)18-24/h4,6-11,18H,5,12-17,19H2,1-3H3. The molecule has 2 aromatic carbocycles. The van der Waals surface area contributed by atoms with E-state index < -0.39 is 0 Å². The van der Waals surface area contributed by atoms with Gasteiger partial charge in [-0.15, -0.1) is 0 Å². The molecule has 1 aromatic heterocycles. The second kappa shape index (κ2) is 11.6. The number of hydrogen-bond donors (Lipinski definition) is 0. The van der Waals surface area contributed by atoms with Crippen LogP contribution in [-0.4, -0.2) is 79.0 Å². The molecule has 0 aliphatic carbocycles. The van der Waals surface area contributed by atoms with Crippen LogP contribution >= 0.6 is 0 Å². The predicted octanol–water partition coefficient (Wildman–Crippen LogP) is 3.89. The molecule has 1 fully saturated rings. The van der Waals surface area contributed by atoms with Crippen LogP contribution in [0.5, 0.6) is 0 Å². The van der Waals surface area contributed by atoms with Gasteiger partial charge in [-0.1, -0.05) is 6.07 Å². The second-order valence-corrected chi connectivity index (χ2v) is 9.15. The molecule has 0 spiro atoms. The van der Waals surface area contributed by atoms with E-state index >= 15 is 0 Å². The summed E-state index contributed by atoms with van der Waals surface area (Å²) in [5.41, 5.74) is 2.74. The van der Waals surface area contributed by atoms with Crippen LogP contribution in [0.1, 0.15) is 28.0 Å². The van der Waals surface area contributed by atoms with Gasteiger partial charge in [0.1, 0.15) is 17.5 Å². The number of rotatable bonds is 9. The SMILES string of the molecule is COCCCN(Cc1c(C)nn(-c2cccc(F)c2)c1N1CCN(C)CC1)C(=O)c1ccc(F)cc1. The summed E-state index contributed by atoms with van der Waals surface area (Å²) in [6.07, 6.45) is 0.657. The van der Waals surface area contributed by atoms with Crippen LogP contribution in [0.3, 0.4) is 0 Å². The van der Waals surface area contributed by atoms with E-state index in [0.717, 1.165) is 43.3 Å². The first-order chi connectivity index (χ1) is 17.4. The Hall–Kier alpha value is -3.30. The molecule has 0 saturated carbocycles. The summed E-state index contributed by atoms with van der Waals surface area (Å²) < 4.78 is 34.6. The first-order valence-electron chi connectivity index (χ1n) is 12.2. The zero-order valence-corrected chi connectivity index (χ0v) is 21.1. The van der Waals surface area contributed by atoms with Crippen molar-refractivity contribution in [3.05, 3.63) is 77.0 Å². The Balaban J connectivity index is 1.73. The van der Waals surface area contributed by atoms with Crippen molar-refractivity contribution in [2.45, 2.75) is 19.9 Å². The number of benzene rings is 2. The molecule has 192 valence electrons. The molecule has 0 N–H and O–H groups in total. The summed E-state index contributed by atoms with van der Waals surface area (Å²) in [5, 5.41) is 4.79. The minimum atomic E-state index is -0.387. The van der Waals surface area contributed by atoms with Gasteiger partial charge in [-0.3, -0.25) is 4.79 Å². The predicted molar refractivity (Wildman–Crippen MR) is 136 cm³/mol. The van der Waals surface area contributed by atoms with Gasteiger partial charge in [0.15, 0.2) is 0 Å². The van der Waals surface area contributed by atoms with E-state index in [-0.39, 0.29) is 17.5 Å². The fraction of sp³-hybridized carbons (Fsp3) is 0.407. The van der Waals surface area contributed by atoms with E-state index in [9.17, 15) is 13.6 Å². The zero-order chi connectivity index (χ0) is 25.7. The second-order valence-electron chi connectivity index (χ2n) is 9.15. The number of carbonyl (C=O) groups excluding carboxylic acids is 1. The largest absolute Gasteiger partial charge is 0.385 e. The summed E-state index contributed by atoms with van der Waals surface area (Å²) in [6.45, 7) is 6.58. The van der Waals surface area contributed by atoms with Crippen molar-refractivity contribution < 1.29 is 18.3 Å². The number of methoxy groups -OCH3 is 1. The normalized spacial score (nSPS) is 14.3. The van der Waals surface area contributed by atoms with Crippen LogP contribution in [0.4, 0.5) is 14.6 Å². The Bertz CT molecular complexity index is 1170. The molecule has 0 bridgehead atoms. The number of halogens is 2. The van der Waals surface area contributed by atoms with E-state index in [0.29, 0.717) is 37.4 Å². The number of ether oxygens (including phenoxy) is 1. The summed E-state index contributed by atoms with van der Waals surface area (Å²) in [7, 11) is 3.72. The van der Waals surface area contributed by atoms with Crippen molar-refractivity contribution in [2.24, 2.45) is 0 Å². The molecule has 2 heterocycles. The lowest BCUT2D eigenvalue weighted by Gasteiger charge is -2.35. The minimum Gasteiger partial charge on any atom is -0.385 e. The zero-order valence-electron chi connectivity index (χ0n) is 21.1. The highest BCUT2D eigenvalue weighted by Crippen LogP contribution is 2.30. The smallest absolute Gasteiger partial charge is 0.254 e. The van der Waals surface area contributed by atoms with Crippen molar-refractivity contribution >= 4 is 11.7 Å². The first-order valence-corrected chi connectivity index (χ1v) is 12.2. The molecule has 3 aromatic rings. The van der Waals surface area contributed by atoms with Crippen LogP contribution in [0.25, 0.3) is 5.69 Å². The van der Waals surface area contributed by atoms with Gasteiger partial charge < -0.3 is 19.4 Å². The number of likely N-dealkylation sites (N-methyl/N-ethyl adjacent to an activating group) is 1. The van der Waals surface area contributed by atoms with E-state index in [2.05, 4.69) is 16.8 Å². The van der Waals surface area contributed by atoms with Crippen LogP contribution < -0.4 is 4.90 Å². The molecular formula is C27H33F2N5O2. The molecular weight excluding hydrogens is 464 g/mol. The van der Waals surface area contributed by atoms with Gasteiger partial charge in [0.05, 0.1) is 17.9 Å². The number of hydrogen-bond acceptors (Lipinski definition) is 5. The summed E-state index contributed by atoms with van der Waals surface area (Å²) in [6, 6.07) is 12.0. The van der Waals surface area contributed by atoms with Crippen LogP contribution in [-0.2, 0) is 11.3 Å². The van der Waals surface area contributed by atoms with Crippen molar-refractivity contribution in [1.82, 2.24) is 19.6 Å². The van der Waals surface area contributed by atoms with Crippen LogP contribution in [0.2, 0.25) is 0 Å². The third kappa shape index (κ3) is 5.91. The van der Waals surface area contributed by atoms with Gasteiger partial charge in [0, 0.05) is 57.6 Å². The first kappa shape index (κ1) is 25.8. The number of piperazine rings is 1. The van der Waals surface area contributed by atoms with Gasteiger partial charge in [0.2, 0.25) is 0 Å². The van der Waals surface area contributed by atoms with Crippen LogP contribution in [0.15, 0.2) is 48.5 Å². The average Bonchev–Trinajstić information content (AvgIpc) is 3.20. The Kier molecular flexibility index (Phi) is 8.32. The quantitative estimate of drug-likeness (QED) is 0.420. The van der Waals surface area contributed by atoms with Gasteiger partial charge >= 0.3 is 0 Å². The average molecular weight is 498 g/mol. The van der Waals surface area contributed by atoms with Gasteiger partial charge in [-0.05, 0) is 62.9 Å². The highest BCUT2D eigenvalue weighted by atomic mass is 19.1. The van der Waals surface area contributed by atoms with E-state index in [1.54, 1.807) is 22.8 Å². The molecule has 36 heavy (non-hydrogen) atoms. The molecule has 4 rings (SSSR count). The number of anilines is 1. The number of aryl methyl sites for hydroxylation is 1. The Morgan fingerprint density at radius 3 is 2.44 bits per heavy atom. The monoisotopic (exact) mass is 497 g/mol. The molecule has 1 aliphatic heterocycles. The fourth-order valence-corrected chi connectivity index (χ4v) is 4.48. The molecule has 7 nitrogen and oxygen atoms in total. The van der Waals surface area contributed by atoms with Crippen molar-refractivity contribution in [3.8, 4) is 5.69 Å². The molecule has 1 aliphatic rings. The molecule has 1 saturated heterocycles. The van der Waals surface area contributed by atoms with Crippen molar-refractivity contribution in [1.29, 1.82) is 0 Å². The lowest BCUT2D eigenvalue weighted by molar-refractivity contribution is 0.0723. The number of amides is 1. The van der Waals surface area contributed by atoms with Crippen molar-refractivity contribution in [2.75, 3.05) is 58.4 Å². The third-order valence-electron chi connectivity index (χ3n) is 6.52. The lowest BCUT2D eigenvalue weighted by atomic mass is 10.1. The maximum Gasteiger partial charge on any atom is 0.254 e. The number of aromatic nitrogens is 2. The molecule has 9 heteroatoms. The minimum absolute atomic E-state index is 0.187. The Morgan fingerprint density at radius 1 is 1.06 bits per heavy atom. The van der Waals surface area contributed by atoms with Crippen LogP contribution in [0, 0.1) is 18.6 Å². The maximum absolute atomic E-state index is 14.1. The summed E-state index contributed by atoms with van der Waals surface area (Å²) >= 11 is 0. The summed E-state index contributed by atoms with van der Waals surface area (Å²) in [4.78, 5) is 19.8. The topological polar surface area (TPSA) is 53.8 Å². The van der Waals surface area contributed by atoms with Gasteiger partial charge in [-0.25, -0.2) is 13.5 Å². The Morgan fingerprint density at radius 2 is 1.78 bits per heavy atom. The van der Waals surface area contributed by atoms with E-state index in [1.807, 2.05) is 13.0 Å².